The molecule has 0 spiro atoms. The third-order valence-electron chi connectivity index (χ3n) is 5.27. The summed E-state index contributed by atoms with van der Waals surface area (Å²) >= 11 is 0. The molecule has 0 bridgehead atoms. The van der Waals surface area contributed by atoms with Crippen molar-refractivity contribution < 1.29 is 26.8 Å². The summed E-state index contributed by atoms with van der Waals surface area (Å²) in [5.74, 6) is 0.193. The van der Waals surface area contributed by atoms with Gasteiger partial charge in [0.2, 0.25) is 5.91 Å². The van der Waals surface area contributed by atoms with Crippen LogP contribution in [0.2, 0.25) is 0 Å². The number of carbonyl (C=O) groups is 1. The van der Waals surface area contributed by atoms with E-state index in [-0.39, 0.29) is 24.4 Å². The molecular weight excluding hydrogens is 384 g/mol. The molecule has 2 N–H and O–H groups in total. The highest BCUT2D eigenvalue weighted by Crippen LogP contribution is 2.10. The summed E-state index contributed by atoms with van der Waals surface area (Å²) in [7, 11) is 4.32. The summed E-state index contributed by atoms with van der Waals surface area (Å²) in [6, 6.07) is 0. The first-order chi connectivity index (χ1) is 13.4. The Kier molecular flexibility index (Phi) is 21.8. The molecule has 4 nitrogen and oxygen atoms in total. The Labute approximate surface area is 187 Å². The second-order valence-electron chi connectivity index (χ2n) is 8.93. The average Bonchev–Trinajstić information content (AvgIpc) is 2.65. The number of aliphatic hydroxyl groups is 1. The summed E-state index contributed by atoms with van der Waals surface area (Å²) in [5, 5.41) is 13.0. The maximum atomic E-state index is 11.9. The number of quaternary nitrogens is 1. The van der Waals surface area contributed by atoms with E-state index in [1.54, 1.807) is 0 Å². The minimum absolute atomic E-state index is 0. The van der Waals surface area contributed by atoms with Crippen molar-refractivity contribution >= 4 is 5.91 Å². The van der Waals surface area contributed by atoms with Crippen molar-refractivity contribution in [3.63, 3.8) is 0 Å². The molecule has 0 aliphatic carbocycles. The van der Waals surface area contributed by atoms with Crippen LogP contribution in [0.1, 0.15) is 104 Å². The van der Waals surface area contributed by atoms with Gasteiger partial charge in [0, 0.05) is 6.42 Å². The number of nitrogens with one attached hydrogen (secondary N) is 1. The predicted octanol–water partition coefficient (Wildman–Crippen LogP) is 2.56. The lowest BCUT2D eigenvalue weighted by Gasteiger charge is -2.29. The van der Waals surface area contributed by atoms with Gasteiger partial charge in [-0.25, -0.2) is 0 Å². The smallest absolute Gasteiger partial charge is 0.224 e. The van der Waals surface area contributed by atoms with Crippen LogP contribution in [0, 0.1) is 0 Å². The van der Waals surface area contributed by atoms with Crippen molar-refractivity contribution in [1.29, 1.82) is 0 Å². The lowest BCUT2D eigenvalue weighted by atomic mass is 10.1. The second kappa shape index (κ2) is 20.7. The fourth-order valence-corrected chi connectivity index (χ4v) is 3.45. The molecule has 29 heavy (non-hydrogen) atoms. The van der Waals surface area contributed by atoms with Gasteiger partial charge in [-0.3, -0.25) is 4.79 Å². The number of amides is 1. The van der Waals surface area contributed by atoms with Crippen molar-refractivity contribution in [2.45, 2.75) is 110 Å². The summed E-state index contributed by atoms with van der Waals surface area (Å²) in [5.41, 5.74) is 0. The predicted molar refractivity (Wildman–Crippen MR) is 121 cm³/mol. The first-order valence-electron chi connectivity index (χ1n) is 11.8. The highest BCUT2D eigenvalue weighted by atomic mass is 35.5. The van der Waals surface area contributed by atoms with E-state index in [0.717, 1.165) is 62.6 Å². The number of aliphatic hydroxyl groups excluding tert-OH is 1. The molecule has 1 amide bonds. The van der Waals surface area contributed by atoms with Gasteiger partial charge in [0.25, 0.3) is 0 Å². The van der Waals surface area contributed by atoms with Crippen molar-refractivity contribution in [3.8, 4) is 0 Å². The molecule has 0 radical (unpaired) electrons. The largest absolute Gasteiger partial charge is 1.00 e. The number of hydrogen-bond acceptors (Lipinski definition) is 2. The minimum Gasteiger partial charge on any atom is -1.00 e. The van der Waals surface area contributed by atoms with Crippen LogP contribution >= 0.6 is 0 Å². The van der Waals surface area contributed by atoms with E-state index in [0.29, 0.717) is 6.42 Å². The number of rotatable bonds is 19. The van der Waals surface area contributed by atoms with E-state index in [1.165, 1.54) is 38.5 Å². The first-order valence-corrected chi connectivity index (χ1v) is 11.8. The fraction of sp³-hybridized carbons (Fsp3) is 0.875. The van der Waals surface area contributed by atoms with Gasteiger partial charge in [0.15, 0.2) is 6.67 Å². The Bertz CT molecular complexity index is 400. The number of nitrogens with zero attached hydrogens (tertiary/aromatic N) is 1. The number of hydrogen-bond donors (Lipinski definition) is 2. The molecule has 0 fully saturated rings. The summed E-state index contributed by atoms with van der Waals surface area (Å²) < 4.78 is 0.853. The summed E-state index contributed by atoms with van der Waals surface area (Å²) in [6.07, 6.45) is 19.5. The Morgan fingerprint density at radius 2 is 1.59 bits per heavy atom. The van der Waals surface area contributed by atoms with Crippen LogP contribution in [0.4, 0.5) is 0 Å². The first kappa shape index (κ1) is 30.6. The van der Waals surface area contributed by atoms with Gasteiger partial charge in [-0.15, -0.1) is 0 Å². The maximum absolute atomic E-state index is 11.9. The van der Waals surface area contributed by atoms with Crippen molar-refractivity contribution in [3.05, 3.63) is 12.2 Å². The standard InChI is InChI=1S/C24H48N2O2.ClH/c1-5-7-8-15-18-23(27)19-16-13-11-9-10-12-14-17-20-24(28)25-22-26(3,4)21-6-2;/h13,16,23,27H,5-12,14-15,17-22H2,1-4H3;1H/b16-13-;. The molecule has 0 aromatic rings. The maximum Gasteiger partial charge on any atom is 0.224 e. The Hall–Kier alpha value is -0.580. The molecule has 0 saturated carbocycles. The van der Waals surface area contributed by atoms with E-state index >= 15 is 0 Å². The van der Waals surface area contributed by atoms with Crippen LogP contribution in [0.3, 0.4) is 0 Å². The van der Waals surface area contributed by atoms with Crippen LogP contribution in [0.15, 0.2) is 12.2 Å². The van der Waals surface area contributed by atoms with E-state index < -0.39 is 0 Å². The molecule has 1 unspecified atom stereocenters. The molecular formula is C24H49ClN2O2. The highest BCUT2D eigenvalue weighted by Gasteiger charge is 2.14. The van der Waals surface area contributed by atoms with Gasteiger partial charge in [0.1, 0.15) is 0 Å². The van der Waals surface area contributed by atoms with Gasteiger partial charge >= 0.3 is 0 Å². The molecule has 174 valence electrons. The highest BCUT2D eigenvalue weighted by molar-refractivity contribution is 5.75. The number of halogens is 1. The van der Waals surface area contributed by atoms with Crippen LogP contribution in [0.25, 0.3) is 0 Å². The van der Waals surface area contributed by atoms with Crippen molar-refractivity contribution in [1.82, 2.24) is 5.32 Å². The Balaban J connectivity index is 0. The van der Waals surface area contributed by atoms with Gasteiger partial charge < -0.3 is 27.3 Å². The zero-order chi connectivity index (χ0) is 21.1. The van der Waals surface area contributed by atoms with Crippen molar-refractivity contribution in [2.75, 3.05) is 27.3 Å². The van der Waals surface area contributed by atoms with Gasteiger partial charge in [0.05, 0.1) is 26.7 Å². The second-order valence-corrected chi connectivity index (χ2v) is 8.93. The van der Waals surface area contributed by atoms with Gasteiger partial charge in [-0.1, -0.05) is 70.9 Å². The summed E-state index contributed by atoms with van der Waals surface area (Å²) in [4.78, 5) is 11.9. The average molecular weight is 433 g/mol. The van der Waals surface area contributed by atoms with E-state index in [4.69, 9.17) is 0 Å². The van der Waals surface area contributed by atoms with Gasteiger partial charge in [-0.05, 0) is 38.5 Å². The Morgan fingerprint density at radius 1 is 0.931 bits per heavy atom. The summed E-state index contributed by atoms with van der Waals surface area (Å²) in [6.45, 7) is 6.21. The van der Waals surface area contributed by atoms with E-state index in [2.05, 4.69) is 45.4 Å². The third kappa shape index (κ3) is 21.9. The molecule has 0 heterocycles. The van der Waals surface area contributed by atoms with Crippen LogP contribution in [-0.2, 0) is 4.79 Å². The van der Waals surface area contributed by atoms with Crippen LogP contribution in [0.5, 0.6) is 0 Å². The normalized spacial score (nSPS) is 12.7. The topological polar surface area (TPSA) is 49.3 Å². The molecule has 1 atom stereocenters. The minimum atomic E-state index is -0.161. The molecule has 0 aliphatic rings. The lowest BCUT2D eigenvalue weighted by Crippen LogP contribution is -3.00. The van der Waals surface area contributed by atoms with Crippen molar-refractivity contribution in [2.24, 2.45) is 0 Å². The third-order valence-corrected chi connectivity index (χ3v) is 5.27. The van der Waals surface area contributed by atoms with Crippen LogP contribution < -0.4 is 17.7 Å². The lowest BCUT2D eigenvalue weighted by molar-refractivity contribution is -0.892. The molecule has 0 aromatic carbocycles. The van der Waals surface area contributed by atoms with E-state index in [1.807, 2.05) is 0 Å². The SMILES string of the molecule is CCCCCCC(O)C/C=C\CCCCCCCC(=O)NC[N+](C)(C)CCC.[Cl-]. The molecule has 5 heteroatoms. The number of allylic oxidation sites excluding steroid dienone is 1. The number of unbranched alkanes of at least 4 members (excludes halogenated alkanes) is 8. The molecule has 0 aliphatic heterocycles. The molecule has 0 saturated heterocycles. The monoisotopic (exact) mass is 432 g/mol. The quantitative estimate of drug-likeness (QED) is 0.143. The zero-order valence-corrected chi connectivity index (χ0v) is 20.5. The number of carbonyl (C=O) groups excluding carboxylic acids is 1. The molecule has 0 rings (SSSR count). The zero-order valence-electron chi connectivity index (χ0n) is 19.7. The van der Waals surface area contributed by atoms with Gasteiger partial charge in [-0.2, -0.15) is 0 Å². The molecule has 0 aromatic heterocycles. The fourth-order valence-electron chi connectivity index (χ4n) is 3.45. The Morgan fingerprint density at radius 3 is 2.28 bits per heavy atom. The van der Waals surface area contributed by atoms with Crippen LogP contribution in [-0.4, -0.2) is 48.9 Å². The van der Waals surface area contributed by atoms with E-state index in [9.17, 15) is 9.90 Å².